The lowest BCUT2D eigenvalue weighted by molar-refractivity contribution is -0.127. The lowest BCUT2D eigenvalue weighted by atomic mass is 10.1. The highest BCUT2D eigenvalue weighted by Gasteiger charge is 2.05. The van der Waals surface area contributed by atoms with Crippen LogP contribution in [0, 0.1) is 0 Å². The molecule has 1 amide bonds. The predicted octanol–water partition coefficient (Wildman–Crippen LogP) is 0.239. The normalized spacial score (nSPS) is 11.0. The minimum Gasteiger partial charge on any atom is -0.493 e. The molecule has 0 spiro atoms. The number of hydrogen-bond donors (Lipinski definition) is 2. The van der Waals surface area contributed by atoms with E-state index in [-0.39, 0.29) is 18.4 Å². The molecule has 1 rings (SSSR count). The Kier molecular flexibility index (Phi) is 7.01. The Morgan fingerprint density at radius 2 is 1.95 bits per heavy atom. The van der Waals surface area contributed by atoms with Crippen LogP contribution in [0.5, 0.6) is 11.5 Å². The first-order chi connectivity index (χ1) is 10.5. The summed E-state index contributed by atoms with van der Waals surface area (Å²) in [5.74, 6) is 1.56. The molecule has 0 aliphatic rings. The number of methoxy groups -OCH3 is 2. The van der Waals surface area contributed by atoms with Gasteiger partial charge in [0.25, 0.3) is 0 Å². The van der Waals surface area contributed by atoms with Crippen molar-refractivity contribution in [1.82, 2.24) is 10.2 Å². The SMILES string of the molecule is COc1ccc(CCNC(N)=NCC(=O)N(C)C)cc1OC. The fourth-order valence-corrected chi connectivity index (χ4v) is 1.72. The highest BCUT2D eigenvalue weighted by molar-refractivity contribution is 5.83. The molecular formula is C15H24N4O3. The first-order valence-corrected chi connectivity index (χ1v) is 6.92. The Morgan fingerprint density at radius 1 is 1.27 bits per heavy atom. The maximum absolute atomic E-state index is 11.4. The number of guanidine groups is 1. The van der Waals surface area contributed by atoms with Crippen molar-refractivity contribution in [2.45, 2.75) is 6.42 Å². The monoisotopic (exact) mass is 308 g/mol. The van der Waals surface area contributed by atoms with Gasteiger partial charge in [0.1, 0.15) is 6.54 Å². The second kappa shape index (κ2) is 8.76. The summed E-state index contributed by atoms with van der Waals surface area (Å²) >= 11 is 0. The van der Waals surface area contributed by atoms with Crippen LogP contribution >= 0.6 is 0 Å². The van der Waals surface area contributed by atoms with Crippen LogP contribution < -0.4 is 20.5 Å². The van der Waals surface area contributed by atoms with E-state index in [1.54, 1.807) is 28.3 Å². The molecule has 0 heterocycles. The molecule has 0 saturated heterocycles. The van der Waals surface area contributed by atoms with Gasteiger partial charge in [0.15, 0.2) is 17.5 Å². The zero-order valence-electron chi connectivity index (χ0n) is 13.5. The van der Waals surface area contributed by atoms with Crippen molar-refractivity contribution in [2.24, 2.45) is 10.7 Å². The molecule has 0 radical (unpaired) electrons. The van der Waals surface area contributed by atoms with E-state index in [1.807, 2.05) is 18.2 Å². The molecule has 122 valence electrons. The van der Waals surface area contributed by atoms with Crippen molar-refractivity contribution in [1.29, 1.82) is 0 Å². The lowest BCUT2D eigenvalue weighted by Gasteiger charge is -2.11. The third kappa shape index (κ3) is 5.51. The molecule has 7 heteroatoms. The highest BCUT2D eigenvalue weighted by atomic mass is 16.5. The molecule has 0 bridgehead atoms. The average Bonchev–Trinajstić information content (AvgIpc) is 2.52. The molecule has 1 aromatic carbocycles. The van der Waals surface area contributed by atoms with Gasteiger partial charge in [-0.3, -0.25) is 4.79 Å². The van der Waals surface area contributed by atoms with Crippen molar-refractivity contribution in [3.05, 3.63) is 23.8 Å². The average molecular weight is 308 g/mol. The summed E-state index contributed by atoms with van der Waals surface area (Å²) in [6.07, 6.45) is 0.748. The Morgan fingerprint density at radius 3 is 2.55 bits per heavy atom. The van der Waals surface area contributed by atoms with Crippen LogP contribution in [0.2, 0.25) is 0 Å². The first-order valence-electron chi connectivity index (χ1n) is 6.92. The van der Waals surface area contributed by atoms with Crippen LogP contribution in [0.1, 0.15) is 5.56 Å². The molecule has 0 unspecified atom stereocenters. The summed E-state index contributed by atoms with van der Waals surface area (Å²) < 4.78 is 10.4. The van der Waals surface area contributed by atoms with E-state index < -0.39 is 0 Å². The quantitative estimate of drug-likeness (QED) is 0.556. The Bertz CT molecular complexity index is 530. The van der Waals surface area contributed by atoms with Gasteiger partial charge in [-0.2, -0.15) is 0 Å². The van der Waals surface area contributed by atoms with Crippen LogP contribution in [0.15, 0.2) is 23.2 Å². The summed E-state index contributed by atoms with van der Waals surface area (Å²) in [5.41, 5.74) is 6.80. The minimum absolute atomic E-state index is 0.0438. The summed E-state index contributed by atoms with van der Waals surface area (Å²) in [6, 6.07) is 5.75. The van der Waals surface area contributed by atoms with Crippen molar-refractivity contribution < 1.29 is 14.3 Å². The van der Waals surface area contributed by atoms with E-state index in [0.29, 0.717) is 18.0 Å². The fourth-order valence-electron chi connectivity index (χ4n) is 1.72. The standard InChI is InChI=1S/C15H24N4O3/c1-19(2)14(20)10-18-15(16)17-8-7-11-5-6-12(21-3)13(9-11)22-4/h5-6,9H,7-8,10H2,1-4H3,(H3,16,17,18). The van der Waals surface area contributed by atoms with Crippen LogP contribution in [0.4, 0.5) is 0 Å². The molecule has 0 atom stereocenters. The van der Waals surface area contributed by atoms with Gasteiger partial charge in [0.05, 0.1) is 14.2 Å². The summed E-state index contributed by atoms with van der Waals surface area (Å²) in [7, 11) is 6.56. The topological polar surface area (TPSA) is 89.2 Å². The number of nitrogens with one attached hydrogen (secondary N) is 1. The molecular weight excluding hydrogens is 284 g/mol. The predicted molar refractivity (Wildman–Crippen MR) is 86.4 cm³/mol. The van der Waals surface area contributed by atoms with Gasteiger partial charge in [-0.1, -0.05) is 6.07 Å². The second-order valence-electron chi connectivity index (χ2n) is 4.86. The van der Waals surface area contributed by atoms with Gasteiger partial charge in [-0.15, -0.1) is 0 Å². The van der Waals surface area contributed by atoms with E-state index >= 15 is 0 Å². The molecule has 7 nitrogen and oxygen atoms in total. The van der Waals surface area contributed by atoms with Gasteiger partial charge in [0.2, 0.25) is 5.91 Å². The van der Waals surface area contributed by atoms with Crippen LogP contribution in [0.25, 0.3) is 0 Å². The van der Waals surface area contributed by atoms with Gasteiger partial charge < -0.3 is 25.4 Å². The molecule has 22 heavy (non-hydrogen) atoms. The molecule has 3 N–H and O–H groups in total. The summed E-state index contributed by atoms with van der Waals surface area (Å²) in [4.78, 5) is 16.8. The molecule has 0 aliphatic carbocycles. The molecule has 1 aromatic rings. The van der Waals surface area contributed by atoms with Crippen molar-refractivity contribution in [3.63, 3.8) is 0 Å². The van der Waals surface area contributed by atoms with Crippen molar-refractivity contribution in [3.8, 4) is 11.5 Å². The van der Waals surface area contributed by atoms with E-state index in [0.717, 1.165) is 12.0 Å². The lowest BCUT2D eigenvalue weighted by Crippen LogP contribution is -2.34. The highest BCUT2D eigenvalue weighted by Crippen LogP contribution is 2.27. The smallest absolute Gasteiger partial charge is 0.243 e. The largest absolute Gasteiger partial charge is 0.493 e. The zero-order valence-corrected chi connectivity index (χ0v) is 13.5. The van der Waals surface area contributed by atoms with E-state index in [2.05, 4.69) is 10.3 Å². The third-order valence-electron chi connectivity index (χ3n) is 3.05. The van der Waals surface area contributed by atoms with E-state index in [9.17, 15) is 4.79 Å². The number of ether oxygens (including phenoxy) is 2. The maximum atomic E-state index is 11.4. The van der Waals surface area contributed by atoms with E-state index in [1.165, 1.54) is 4.90 Å². The van der Waals surface area contributed by atoms with E-state index in [4.69, 9.17) is 15.2 Å². The number of hydrogen-bond acceptors (Lipinski definition) is 4. The fraction of sp³-hybridized carbons (Fsp3) is 0.467. The van der Waals surface area contributed by atoms with Crippen LogP contribution in [-0.2, 0) is 11.2 Å². The second-order valence-corrected chi connectivity index (χ2v) is 4.86. The van der Waals surface area contributed by atoms with Gasteiger partial charge in [-0.05, 0) is 24.1 Å². The van der Waals surface area contributed by atoms with Crippen LogP contribution in [-0.4, -0.2) is 58.2 Å². The number of benzene rings is 1. The van der Waals surface area contributed by atoms with Crippen molar-refractivity contribution >= 4 is 11.9 Å². The molecule has 0 aromatic heterocycles. The first kappa shape index (κ1) is 17.6. The number of amides is 1. The summed E-state index contributed by atoms with van der Waals surface area (Å²) in [6.45, 7) is 0.656. The van der Waals surface area contributed by atoms with Gasteiger partial charge in [-0.25, -0.2) is 4.99 Å². The Hall–Kier alpha value is -2.44. The molecule has 0 aliphatic heterocycles. The Labute approximate surface area is 131 Å². The third-order valence-corrected chi connectivity index (χ3v) is 3.05. The Balaban J connectivity index is 2.47. The zero-order chi connectivity index (χ0) is 16.5. The van der Waals surface area contributed by atoms with Crippen LogP contribution in [0.3, 0.4) is 0 Å². The summed E-state index contributed by atoms with van der Waals surface area (Å²) in [5, 5.41) is 2.98. The number of nitrogens with two attached hydrogens (primary N) is 1. The number of carbonyl (C=O) groups is 1. The van der Waals surface area contributed by atoms with Gasteiger partial charge >= 0.3 is 0 Å². The number of carbonyl (C=O) groups excluding carboxylic acids is 1. The molecule has 0 saturated carbocycles. The molecule has 0 fully saturated rings. The minimum atomic E-state index is -0.0929. The van der Waals surface area contributed by atoms with Crippen molar-refractivity contribution in [2.75, 3.05) is 41.4 Å². The number of likely N-dealkylation sites (N-methyl/N-ethyl adjacent to an activating group) is 1. The number of rotatable bonds is 7. The van der Waals surface area contributed by atoms with Gasteiger partial charge in [0, 0.05) is 20.6 Å². The number of nitrogens with zero attached hydrogens (tertiary/aromatic N) is 2. The maximum Gasteiger partial charge on any atom is 0.243 e. The number of aliphatic imine (C=N–C) groups is 1.